The summed E-state index contributed by atoms with van der Waals surface area (Å²) in [4.78, 5) is 23.0. The van der Waals surface area contributed by atoms with E-state index in [2.05, 4.69) is 34.6 Å². The number of rotatable bonds is 10. The summed E-state index contributed by atoms with van der Waals surface area (Å²) in [6, 6.07) is 0. The second kappa shape index (κ2) is 10.6. The van der Waals surface area contributed by atoms with Crippen LogP contribution in [0, 0.1) is 11.3 Å². The molecule has 4 nitrogen and oxygen atoms in total. The first-order valence-corrected chi connectivity index (χ1v) is 8.06. The molecule has 0 rings (SSSR count). The minimum absolute atomic E-state index is 0.106. The van der Waals surface area contributed by atoms with Crippen molar-refractivity contribution in [3.63, 3.8) is 0 Å². The van der Waals surface area contributed by atoms with Gasteiger partial charge in [0.15, 0.2) is 0 Å². The lowest BCUT2D eigenvalue weighted by Gasteiger charge is -2.22. The van der Waals surface area contributed by atoms with Gasteiger partial charge in [0, 0.05) is 0 Å². The van der Waals surface area contributed by atoms with Crippen molar-refractivity contribution >= 4 is 11.9 Å². The van der Waals surface area contributed by atoms with Crippen LogP contribution in [0.15, 0.2) is 0 Å². The van der Waals surface area contributed by atoms with Crippen molar-refractivity contribution in [3.8, 4) is 0 Å². The number of hydrogen-bond acceptors (Lipinski definition) is 4. The average molecular weight is 300 g/mol. The first kappa shape index (κ1) is 19.9. The Labute approximate surface area is 129 Å². The lowest BCUT2D eigenvalue weighted by atomic mass is 9.86. The predicted octanol–water partition coefficient (Wildman–Crippen LogP) is 4.12. The van der Waals surface area contributed by atoms with Crippen molar-refractivity contribution in [3.05, 3.63) is 0 Å². The van der Waals surface area contributed by atoms with Crippen LogP contribution in [-0.4, -0.2) is 25.2 Å². The predicted molar refractivity (Wildman–Crippen MR) is 83.9 cm³/mol. The third-order valence-electron chi connectivity index (χ3n) is 3.03. The molecule has 0 fully saturated rings. The molecule has 1 unspecified atom stereocenters. The zero-order chi connectivity index (χ0) is 16.3. The molecule has 0 heterocycles. The minimum atomic E-state index is -0.318. The molecule has 0 saturated heterocycles. The summed E-state index contributed by atoms with van der Waals surface area (Å²) in [5.74, 6) is -0.304. The van der Waals surface area contributed by atoms with Gasteiger partial charge in [-0.25, -0.2) is 0 Å². The Morgan fingerprint density at radius 1 is 1.00 bits per heavy atom. The van der Waals surface area contributed by atoms with Gasteiger partial charge in [0.05, 0.1) is 26.1 Å². The second-order valence-corrected chi connectivity index (χ2v) is 6.98. The highest BCUT2D eigenvalue weighted by Gasteiger charge is 2.17. The molecule has 21 heavy (non-hydrogen) atoms. The SMILES string of the molecule is CCCCCOC(=O)CCC(=O)OCC(C)CC(C)(C)C. The van der Waals surface area contributed by atoms with Crippen LogP contribution >= 0.6 is 0 Å². The molecular weight excluding hydrogens is 268 g/mol. The maximum atomic E-state index is 11.6. The van der Waals surface area contributed by atoms with Gasteiger partial charge in [0.1, 0.15) is 0 Å². The van der Waals surface area contributed by atoms with Gasteiger partial charge in [0.2, 0.25) is 0 Å². The van der Waals surface area contributed by atoms with Crippen LogP contribution < -0.4 is 0 Å². The summed E-state index contributed by atoms with van der Waals surface area (Å²) in [7, 11) is 0. The molecule has 0 bridgehead atoms. The van der Waals surface area contributed by atoms with Gasteiger partial charge in [-0.15, -0.1) is 0 Å². The quantitative estimate of drug-likeness (QED) is 0.450. The second-order valence-electron chi connectivity index (χ2n) is 6.98. The molecule has 0 saturated carbocycles. The van der Waals surface area contributed by atoms with E-state index in [1.807, 2.05) is 0 Å². The fraction of sp³-hybridized carbons (Fsp3) is 0.882. The van der Waals surface area contributed by atoms with Gasteiger partial charge in [-0.3, -0.25) is 9.59 Å². The van der Waals surface area contributed by atoms with Crippen LogP contribution in [0.4, 0.5) is 0 Å². The number of carbonyl (C=O) groups excluding carboxylic acids is 2. The van der Waals surface area contributed by atoms with Crippen molar-refractivity contribution < 1.29 is 19.1 Å². The van der Waals surface area contributed by atoms with E-state index in [1.54, 1.807) is 0 Å². The molecule has 0 aromatic carbocycles. The first-order valence-electron chi connectivity index (χ1n) is 8.06. The molecule has 124 valence electrons. The van der Waals surface area contributed by atoms with Gasteiger partial charge in [0.25, 0.3) is 0 Å². The summed E-state index contributed by atoms with van der Waals surface area (Å²) >= 11 is 0. The number of hydrogen-bond donors (Lipinski definition) is 0. The Kier molecular flexibility index (Phi) is 10.1. The molecule has 0 aromatic heterocycles. The lowest BCUT2D eigenvalue weighted by molar-refractivity contribution is -0.151. The van der Waals surface area contributed by atoms with Gasteiger partial charge in [-0.05, 0) is 24.2 Å². The van der Waals surface area contributed by atoms with Crippen molar-refractivity contribution in [2.75, 3.05) is 13.2 Å². The van der Waals surface area contributed by atoms with Gasteiger partial charge >= 0.3 is 11.9 Å². The highest BCUT2D eigenvalue weighted by molar-refractivity contribution is 5.77. The van der Waals surface area contributed by atoms with Crippen molar-refractivity contribution in [1.29, 1.82) is 0 Å². The number of ether oxygens (including phenoxy) is 2. The van der Waals surface area contributed by atoms with E-state index in [1.165, 1.54) is 0 Å². The van der Waals surface area contributed by atoms with Crippen LogP contribution in [0.5, 0.6) is 0 Å². The van der Waals surface area contributed by atoms with E-state index in [-0.39, 0.29) is 30.2 Å². The maximum Gasteiger partial charge on any atom is 0.306 e. The fourth-order valence-corrected chi connectivity index (χ4v) is 2.23. The number of carbonyl (C=O) groups is 2. The molecule has 1 atom stereocenters. The maximum absolute atomic E-state index is 11.6. The van der Waals surface area contributed by atoms with E-state index >= 15 is 0 Å². The lowest BCUT2D eigenvalue weighted by Crippen LogP contribution is -2.18. The zero-order valence-corrected chi connectivity index (χ0v) is 14.4. The average Bonchev–Trinajstić information content (AvgIpc) is 2.37. The molecule has 4 heteroatoms. The topological polar surface area (TPSA) is 52.6 Å². The summed E-state index contributed by atoms with van der Waals surface area (Å²) in [5.41, 5.74) is 0.230. The molecule has 0 amide bonds. The normalized spacial score (nSPS) is 12.8. The summed E-state index contributed by atoms with van der Waals surface area (Å²) in [6.07, 6.45) is 4.25. The van der Waals surface area contributed by atoms with Gasteiger partial charge < -0.3 is 9.47 Å². The highest BCUT2D eigenvalue weighted by Crippen LogP contribution is 2.24. The molecular formula is C17H32O4. The monoisotopic (exact) mass is 300 g/mol. The molecule has 0 radical (unpaired) electrons. The Hall–Kier alpha value is -1.06. The summed E-state index contributed by atoms with van der Waals surface area (Å²) in [6.45, 7) is 11.5. The van der Waals surface area contributed by atoms with Crippen LogP contribution in [0.1, 0.15) is 73.1 Å². The largest absolute Gasteiger partial charge is 0.466 e. The molecule has 0 N–H and O–H groups in total. The van der Waals surface area contributed by atoms with Gasteiger partial charge in [-0.2, -0.15) is 0 Å². The standard InChI is InChI=1S/C17H32O4/c1-6-7-8-11-20-15(18)9-10-16(19)21-13-14(2)12-17(3,4)5/h14H,6-13H2,1-5H3. The van der Waals surface area contributed by atoms with E-state index < -0.39 is 0 Å². The summed E-state index contributed by atoms with van der Waals surface area (Å²) in [5, 5.41) is 0. The molecule has 0 spiro atoms. The number of esters is 2. The van der Waals surface area contributed by atoms with Crippen LogP contribution in [-0.2, 0) is 19.1 Å². The molecule has 0 aliphatic carbocycles. The van der Waals surface area contributed by atoms with E-state index in [0.717, 1.165) is 25.7 Å². The van der Waals surface area contributed by atoms with Crippen molar-refractivity contribution in [2.24, 2.45) is 11.3 Å². The Morgan fingerprint density at radius 2 is 1.57 bits per heavy atom. The highest BCUT2D eigenvalue weighted by atomic mass is 16.5. The van der Waals surface area contributed by atoms with E-state index in [9.17, 15) is 9.59 Å². The van der Waals surface area contributed by atoms with Gasteiger partial charge in [-0.1, -0.05) is 47.5 Å². The van der Waals surface area contributed by atoms with Crippen LogP contribution in [0.3, 0.4) is 0 Å². The third-order valence-corrected chi connectivity index (χ3v) is 3.03. The van der Waals surface area contributed by atoms with Crippen LogP contribution in [0.2, 0.25) is 0 Å². The smallest absolute Gasteiger partial charge is 0.306 e. The minimum Gasteiger partial charge on any atom is -0.466 e. The van der Waals surface area contributed by atoms with Crippen molar-refractivity contribution in [1.82, 2.24) is 0 Å². The first-order chi connectivity index (χ1) is 9.74. The summed E-state index contributed by atoms with van der Waals surface area (Å²) < 4.78 is 10.2. The molecule has 0 aromatic rings. The molecule has 0 aliphatic heterocycles. The number of unbranched alkanes of at least 4 members (excludes halogenated alkanes) is 2. The van der Waals surface area contributed by atoms with Crippen molar-refractivity contribution in [2.45, 2.75) is 73.1 Å². The fourth-order valence-electron chi connectivity index (χ4n) is 2.23. The Bertz CT molecular complexity index is 304. The van der Waals surface area contributed by atoms with Crippen LogP contribution in [0.25, 0.3) is 0 Å². The Balaban J connectivity index is 3.68. The molecule has 0 aliphatic rings. The van der Waals surface area contributed by atoms with E-state index in [0.29, 0.717) is 19.1 Å². The third kappa shape index (κ3) is 13.7. The Morgan fingerprint density at radius 3 is 2.10 bits per heavy atom. The zero-order valence-electron chi connectivity index (χ0n) is 14.4. The van der Waals surface area contributed by atoms with E-state index in [4.69, 9.17) is 9.47 Å².